The fourth-order valence-electron chi connectivity index (χ4n) is 1.67. The van der Waals surface area contributed by atoms with E-state index in [0.717, 1.165) is 15.6 Å². The summed E-state index contributed by atoms with van der Waals surface area (Å²) in [5, 5.41) is 11.1. The van der Waals surface area contributed by atoms with Gasteiger partial charge in [0.2, 0.25) is 0 Å². The quantitative estimate of drug-likeness (QED) is 0.925. The molecular weight excluding hydrogens is 317 g/mol. The van der Waals surface area contributed by atoms with Crippen LogP contribution in [-0.4, -0.2) is 10.1 Å². The van der Waals surface area contributed by atoms with Crippen molar-refractivity contribution in [2.75, 3.05) is 0 Å². The van der Waals surface area contributed by atoms with Gasteiger partial charge in [-0.3, -0.25) is 0 Å². The monoisotopic (exact) mass is 329 g/mol. The second kappa shape index (κ2) is 5.47. The van der Waals surface area contributed by atoms with Gasteiger partial charge in [-0.1, -0.05) is 22.0 Å². The van der Waals surface area contributed by atoms with Crippen molar-refractivity contribution in [3.63, 3.8) is 0 Å². The molecule has 0 aliphatic heterocycles. The number of nitrogens with zero attached hydrogens (tertiary/aromatic N) is 1. The van der Waals surface area contributed by atoms with Crippen LogP contribution < -0.4 is 0 Å². The molecule has 1 N–H and O–H groups in total. The minimum Gasteiger partial charge on any atom is -0.388 e. The van der Waals surface area contributed by atoms with Crippen LogP contribution in [0.3, 0.4) is 0 Å². The Hall–Kier alpha value is -0.780. The third-order valence-corrected chi connectivity index (χ3v) is 4.54. The third kappa shape index (κ3) is 2.96. The van der Waals surface area contributed by atoms with Gasteiger partial charge in [-0.15, -0.1) is 11.3 Å². The number of aliphatic hydroxyl groups excluding tert-OH is 1. The van der Waals surface area contributed by atoms with Crippen LogP contribution in [0.1, 0.15) is 27.2 Å². The van der Waals surface area contributed by atoms with Crippen LogP contribution in [0.2, 0.25) is 0 Å². The van der Waals surface area contributed by atoms with Gasteiger partial charge in [0.25, 0.3) is 0 Å². The van der Waals surface area contributed by atoms with E-state index in [1.807, 2.05) is 13.8 Å². The first kappa shape index (κ1) is 13.6. The molecule has 1 unspecified atom stereocenters. The normalized spacial score (nSPS) is 12.7. The summed E-state index contributed by atoms with van der Waals surface area (Å²) in [6.07, 6.45) is -0.228. The fourth-order valence-corrected chi connectivity index (χ4v) is 3.26. The molecule has 0 bridgehead atoms. The second-order valence-electron chi connectivity index (χ2n) is 4.13. The van der Waals surface area contributed by atoms with E-state index in [2.05, 4.69) is 20.9 Å². The average Bonchev–Trinajstić information content (AvgIpc) is 2.57. The number of rotatable bonds is 3. The summed E-state index contributed by atoms with van der Waals surface area (Å²) in [6.45, 7) is 3.96. The van der Waals surface area contributed by atoms with Crippen LogP contribution in [0.25, 0.3) is 0 Å². The average molecular weight is 330 g/mol. The molecule has 5 heteroatoms. The number of hydrogen-bond acceptors (Lipinski definition) is 3. The van der Waals surface area contributed by atoms with Gasteiger partial charge in [0.15, 0.2) is 0 Å². The highest BCUT2D eigenvalue weighted by molar-refractivity contribution is 9.10. The lowest BCUT2D eigenvalue weighted by Crippen LogP contribution is -2.02. The number of aromatic nitrogens is 1. The molecular formula is C13H13BrFNOS. The highest BCUT2D eigenvalue weighted by atomic mass is 79.9. The highest BCUT2D eigenvalue weighted by Crippen LogP contribution is 2.28. The Kier molecular flexibility index (Phi) is 4.14. The maximum Gasteiger partial charge on any atom is 0.124 e. The topological polar surface area (TPSA) is 33.1 Å². The summed E-state index contributed by atoms with van der Waals surface area (Å²) in [4.78, 5) is 5.55. The van der Waals surface area contributed by atoms with E-state index in [1.54, 1.807) is 17.4 Å². The summed E-state index contributed by atoms with van der Waals surface area (Å²) >= 11 is 4.85. The fraction of sp³-hybridized carbons (Fsp3) is 0.308. The second-order valence-corrected chi connectivity index (χ2v) is 6.28. The first-order chi connectivity index (χ1) is 8.47. The molecule has 0 fully saturated rings. The number of thiazole rings is 1. The van der Waals surface area contributed by atoms with Gasteiger partial charge in [0, 0.05) is 15.8 Å². The van der Waals surface area contributed by atoms with E-state index >= 15 is 0 Å². The van der Waals surface area contributed by atoms with Crippen LogP contribution in [0, 0.1) is 19.7 Å². The van der Waals surface area contributed by atoms with Crippen LogP contribution in [0.4, 0.5) is 4.39 Å². The number of hydrogen-bond donors (Lipinski definition) is 1. The van der Waals surface area contributed by atoms with Crippen molar-refractivity contribution in [1.29, 1.82) is 0 Å². The van der Waals surface area contributed by atoms with Crippen molar-refractivity contribution in [1.82, 2.24) is 4.98 Å². The van der Waals surface area contributed by atoms with E-state index in [1.165, 1.54) is 12.1 Å². The molecule has 0 radical (unpaired) electrons. The SMILES string of the molecule is Cc1nc(CC(O)c2ccc(F)cc2Br)sc1C. The molecule has 1 heterocycles. The number of aryl methyl sites for hydroxylation is 2. The summed E-state index contributed by atoms with van der Waals surface area (Å²) in [7, 11) is 0. The lowest BCUT2D eigenvalue weighted by Gasteiger charge is -2.11. The molecule has 0 aliphatic carbocycles. The van der Waals surface area contributed by atoms with Gasteiger partial charge in [-0.05, 0) is 31.5 Å². The van der Waals surface area contributed by atoms with Gasteiger partial charge in [-0.2, -0.15) is 0 Å². The Morgan fingerprint density at radius 2 is 2.17 bits per heavy atom. The third-order valence-electron chi connectivity index (χ3n) is 2.76. The van der Waals surface area contributed by atoms with Gasteiger partial charge < -0.3 is 5.11 Å². The Morgan fingerprint density at radius 3 is 2.72 bits per heavy atom. The van der Waals surface area contributed by atoms with Gasteiger partial charge >= 0.3 is 0 Å². The molecule has 2 nitrogen and oxygen atoms in total. The van der Waals surface area contributed by atoms with E-state index in [9.17, 15) is 9.50 Å². The van der Waals surface area contributed by atoms with E-state index < -0.39 is 6.10 Å². The zero-order valence-electron chi connectivity index (χ0n) is 10.1. The standard InChI is InChI=1S/C13H13BrFNOS/c1-7-8(2)18-13(16-7)6-12(17)10-4-3-9(15)5-11(10)14/h3-5,12,17H,6H2,1-2H3. The molecule has 2 rings (SSSR count). The molecule has 0 saturated heterocycles. The Labute approximate surface area is 118 Å². The summed E-state index contributed by atoms with van der Waals surface area (Å²) < 4.78 is 13.6. The summed E-state index contributed by atoms with van der Waals surface area (Å²) in [5.41, 5.74) is 1.68. The van der Waals surface area contributed by atoms with Crippen molar-refractivity contribution >= 4 is 27.3 Å². The summed E-state index contributed by atoms with van der Waals surface area (Å²) in [6, 6.07) is 4.30. The summed E-state index contributed by atoms with van der Waals surface area (Å²) in [5.74, 6) is -0.321. The molecule has 96 valence electrons. The highest BCUT2D eigenvalue weighted by Gasteiger charge is 2.15. The van der Waals surface area contributed by atoms with E-state index in [-0.39, 0.29) is 5.82 Å². The van der Waals surface area contributed by atoms with Crippen LogP contribution >= 0.6 is 27.3 Å². The minimum absolute atomic E-state index is 0.321. The zero-order valence-corrected chi connectivity index (χ0v) is 12.5. The van der Waals surface area contributed by atoms with Crippen molar-refractivity contribution in [3.8, 4) is 0 Å². The van der Waals surface area contributed by atoms with Crippen LogP contribution in [-0.2, 0) is 6.42 Å². The molecule has 1 aromatic carbocycles. The van der Waals surface area contributed by atoms with Crippen LogP contribution in [0.15, 0.2) is 22.7 Å². The Morgan fingerprint density at radius 1 is 1.44 bits per heavy atom. The predicted molar refractivity (Wildman–Crippen MR) is 74.4 cm³/mol. The lowest BCUT2D eigenvalue weighted by atomic mass is 10.1. The lowest BCUT2D eigenvalue weighted by molar-refractivity contribution is 0.177. The molecule has 2 aromatic rings. The maximum atomic E-state index is 13.0. The van der Waals surface area contributed by atoms with Gasteiger partial charge in [-0.25, -0.2) is 9.37 Å². The van der Waals surface area contributed by atoms with Crippen molar-refractivity contribution in [3.05, 3.63) is 49.6 Å². The largest absolute Gasteiger partial charge is 0.388 e. The molecule has 0 spiro atoms. The Balaban J connectivity index is 2.19. The number of halogens is 2. The predicted octanol–water partition coefficient (Wildman–Crippen LogP) is 3.94. The molecule has 0 saturated carbocycles. The molecule has 1 aromatic heterocycles. The smallest absolute Gasteiger partial charge is 0.124 e. The molecule has 18 heavy (non-hydrogen) atoms. The molecule has 0 amide bonds. The zero-order chi connectivity index (χ0) is 13.3. The number of benzene rings is 1. The maximum absolute atomic E-state index is 13.0. The molecule has 0 aliphatic rings. The van der Waals surface area contributed by atoms with Crippen molar-refractivity contribution in [2.45, 2.75) is 26.4 Å². The van der Waals surface area contributed by atoms with Gasteiger partial charge in [0.1, 0.15) is 5.82 Å². The van der Waals surface area contributed by atoms with Crippen molar-refractivity contribution in [2.24, 2.45) is 0 Å². The van der Waals surface area contributed by atoms with Gasteiger partial charge in [0.05, 0.1) is 16.8 Å². The van der Waals surface area contributed by atoms with E-state index in [0.29, 0.717) is 16.5 Å². The molecule has 1 atom stereocenters. The van der Waals surface area contributed by atoms with Crippen LogP contribution in [0.5, 0.6) is 0 Å². The number of aliphatic hydroxyl groups is 1. The van der Waals surface area contributed by atoms with Crippen molar-refractivity contribution < 1.29 is 9.50 Å². The first-order valence-electron chi connectivity index (χ1n) is 5.53. The van der Waals surface area contributed by atoms with E-state index in [4.69, 9.17) is 0 Å². The first-order valence-corrected chi connectivity index (χ1v) is 7.14. The Bertz CT molecular complexity index is 551. The minimum atomic E-state index is -0.676.